The van der Waals surface area contributed by atoms with Gasteiger partial charge in [-0.05, 0) is 63.9 Å². The molecule has 1 aliphatic carbocycles. The van der Waals surface area contributed by atoms with Gasteiger partial charge in [0, 0.05) is 11.5 Å². The van der Waals surface area contributed by atoms with Crippen LogP contribution in [0.3, 0.4) is 0 Å². The molecule has 0 bridgehead atoms. The number of allylic oxidation sites excluding steroid dienone is 1. The summed E-state index contributed by atoms with van der Waals surface area (Å²) >= 11 is 0. The van der Waals surface area contributed by atoms with Crippen molar-refractivity contribution >= 4 is 0 Å². The molecule has 2 atom stereocenters. The minimum absolute atomic E-state index is 0.139. The third-order valence-electron chi connectivity index (χ3n) is 5.56. The minimum Gasteiger partial charge on any atom is -0.490 e. The predicted octanol–water partition coefficient (Wildman–Crippen LogP) is 4.56. The summed E-state index contributed by atoms with van der Waals surface area (Å²) in [6.45, 7) is 6.79. The van der Waals surface area contributed by atoms with Crippen molar-refractivity contribution in [3.8, 4) is 11.5 Å². The number of nitrogens with zero attached hydrogens (tertiary/aromatic N) is 1. The van der Waals surface area contributed by atoms with Gasteiger partial charge in [-0.25, -0.2) is 0 Å². The molecular weight excluding hydrogens is 298 g/mol. The molecule has 1 heterocycles. The highest BCUT2D eigenvalue weighted by Crippen LogP contribution is 2.47. The van der Waals surface area contributed by atoms with Gasteiger partial charge in [0.25, 0.3) is 0 Å². The molecule has 132 valence electrons. The maximum absolute atomic E-state index is 6.07. The zero-order valence-electron chi connectivity index (χ0n) is 15.4. The molecule has 1 fully saturated rings. The highest BCUT2D eigenvalue weighted by molar-refractivity contribution is 5.48. The van der Waals surface area contributed by atoms with E-state index < -0.39 is 0 Å². The quantitative estimate of drug-likeness (QED) is 0.541. The Morgan fingerprint density at radius 2 is 2.08 bits per heavy atom. The first kappa shape index (κ1) is 17.3. The standard InChI is InChI=1S/C21H31NO2/c1-4-6-15-24-19-16-17(10-11-18(19)23-5-2)21-12-8-7-9-20(21)22(3)14-13-21/h8,10-12,16,20H,4-7,9,13-15H2,1-3H3/t20?,21-/m0/s1. The van der Waals surface area contributed by atoms with Crippen LogP contribution < -0.4 is 9.47 Å². The molecule has 1 aliphatic heterocycles. The Bertz CT molecular complexity index is 583. The lowest BCUT2D eigenvalue weighted by Crippen LogP contribution is -2.41. The van der Waals surface area contributed by atoms with E-state index in [0.717, 1.165) is 37.5 Å². The average Bonchev–Trinajstić information content (AvgIpc) is 2.95. The Labute approximate surface area is 146 Å². The molecule has 3 heteroatoms. The lowest BCUT2D eigenvalue weighted by molar-refractivity contribution is 0.247. The number of likely N-dealkylation sites (N-methyl/N-ethyl adjacent to an activating group) is 1. The fourth-order valence-electron chi connectivity index (χ4n) is 4.24. The van der Waals surface area contributed by atoms with Gasteiger partial charge in [0.15, 0.2) is 11.5 Å². The van der Waals surface area contributed by atoms with Crippen LogP contribution in [-0.2, 0) is 5.41 Å². The van der Waals surface area contributed by atoms with Crippen molar-refractivity contribution in [2.24, 2.45) is 0 Å². The topological polar surface area (TPSA) is 21.7 Å². The normalized spacial score (nSPS) is 26.4. The van der Waals surface area contributed by atoms with E-state index in [1.807, 2.05) is 6.92 Å². The van der Waals surface area contributed by atoms with E-state index in [4.69, 9.17) is 9.47 Å². The molecule has 0 radical (unpaired) electrons. The van der Waals surface area contributed by atoms with E-state index in [2.05, 4.69) is 49.2 Å². The van der Waals surface area contributed by atoms with Gasteiger partial charge in [0.1, 0.15) is 0 Å². The number of hydrogen-bond acceptors (Lipinski definition) is 3. The summed E-state index contributed by atoms with van der Waals surface area (Å²) < 4.78 is 11.9. The van der Waals surface area contributed by atoms with Crippen molar-refractivity contribution in [3.63, 3.8) is 0 Å². The van der Waals surface area contributed by atoms with E-state index in [-0.39, 0.29) is 5.41 Å². The molecule has 2 aliphatic rings. The SMILES string of the molecule is CCCCOc1cc([C@@]23C=CCCC2N(C)CC3)ccc1OCC. The maximum Gasteiger partial charge on any atom is 0.161 e. The molecule has 0 aromatic heterocycles. The van der Waals surface area contributed by atoms with Crippen LogP contribution >= 0.6 is 0 Å². The Morgan fingerprint density at radius 1 is 1.21 bits per heavy atom. The average molecular weight is 329 g/mol. The van der Waals surface area contributed by atoms with Crippen molar-refractivity contribution in [1.82, 2.24) is 4.90 Å². The lowest BCUT2D eigenvalue weighted by Gasteiger charge is -2.38. The molecule has 1 aromatic rings. The summed E-state index contributed by atoms with van der Waals surface area (Å²) in [4.78, 5) is 2.53. The van der Waals surface area contributed by atoms with Crippen LogP contribution in [0.15, 0.2) is 30.4 Å². The molecule has 3 rings (SSSR count). The van der Waals surface area contributed by atoms with Gasteiger partial charge in [-0.15, -0.1) is 0 Å². The molecule has 0 spiro atoms. The molecule has 1 aromatic carbocycles. The molecule has 0 N–H and O–H groups in total. The summed E-state index contributed by atoms with van der Waals surface area (Å²) in [5, 5.41) is 0. The second-order valence-corrected chi connectivity index (χ2v) is 7.06. The summed E-state index contributed by atoms with van der Waals surface area (Å²) in [7, 11) is 2.26. The molecule has 1 saturated heterocycles. The summed E-state index contributed by atoms with van der Waals surface area (Å²) in [5.41, 5.74) is 1.52. The Balaban J connectivity index is 1.93. The molecule has 24 heavy (non-hydrogen) atoms. The van der Waals surface area contributed by atoms with E-state index in [1.165, 1.54) is 24.8 Å². The van der Waals surface area contributed by atoms with Gasteiger partial charge in [0.05, 0.1) is 13.2 Å². The second kappa shape index (κ2) is 7.60. The third-order valence-corrected chi connectivity index (χ3v) is 5.56. The highest BCUT2D eigenvalue weighted by Gasteiger charge is 2.46. The van der Waals surface area contributed by atoms with Crippen LogP contribution in [0.1, 0.15) is 51.5 Å². The monoisotopic (exact) mass is 329 g/mol. The number of hydrogen-bond donors (Lipinski definition) is 0. The van der Waals surface area contributed by atoms with Gasteiger partial charge in [-0.2, -0.15) is 0 Å². The zero-order chi connectivity index (χ0) is 17.0. The van der Waals surface area contributed by atoms with Gasteiger partial charge < -0.3 is 14.4 Å². The highest BCUT2D eigenvalue weighted by atomic mass is 16.5. The van der Waals surface area contributed by atoms with Crippen LogP contribution in [0, 0.1) is 0 Å². The van der Waals surface area contributed by atoms with Crippen LogP contribution in [-0.4, -0.2) is 37.7 Å². The van der Waals surface area contributed by atoms with E-state index in [0.29, 0.717) is 12.6 Å². The van der Waals surface area contributed by atoms with Crippen molar-refractivity contribution in [1.29, 1.82) is 0 Å². The van der Waals surface area contributed by atoms with Crippen LogP contribution in [0.25, 0.3) is 0 Å². The van der Waals surface area contributed by atoms with E-state index >= 15 is 0 Å². The van der Waals surface area contributed by atoms with Gasteiger partial charge in [-0.1, -0.05) is 31.6 Å². The number of benzene rings is 1. The Hall–Kier alpha value is -1.48. The van der Waals surface area contributed by atoms with E-state index in [1.54, 1.807) is 0 Å². The summed E-state index contributed by atoms with van der Waals surface area (Å²) in [5.74, 6) is 1.78. The smallest absolute Gasteiger partial charge is 0.161 e. The molecule has 0 saturated carbocycles. The zero-order valence-corrected chi connectivity index (χ0v) is 15.4. The van der Waals surface area contributed by atoms with Gasteiger partial charge in [-0.3, -0.25) is 0 Å². The third kappa shape index (κ3) is 3.19. The first-order chi connectivity index (χ1) is 11.7. The minimum atomic E-state index is 0.139. The van der Waals surface area contributed by atoms with Crippen molar-refractivity contribution in [2.75, 3.05) is 26.8 Å². The number of likely N-dealkylation sites (tertiary alicyclic amines) is 1. The summed E-state index contributed by atoms with van der Waals surface area (Å²) in [6, 6.07) is 7.19. The Kier molecular flexibility index (Phi) is 5.50. The molecular formula is C21H31NO2. The first-order valence-electron chi connectivity index (χ1n) is 9.49. The number of ether oxygens (including phenoxy) is 2. The van der Waals surface area contributed by atoms with Gasteiger partial charge in [0.2, 0.25) is 0 Å². The fraction of sp³-hybridized carbons (Fsp3) is 0.619. The molecule has 3 nitrogen and oxygen atoms in total. The maximum atomic E-state index is 6.07. The first-order valence-corrected chi connectivity index (χ1v) is 9.49. The summed E-state index contributed by atoms with van der Waals surface area (Å²) in [6.07, 6.45) is 10.7. The van der Waals surface area contributed by atoms with E-state index in [9.17, 15) is 0 Å². The lowest BCUT2D eigenvalue weighted by atomic mass is 9.70. The molecule has 1 unspecified atom stereocenters. The predicted molar refractivity (Wildman–Crippen MR) is 99.1 cm³/mol. The van der Waals surface area contributed by atoms with Crippen LogP contribution in [0.5, 0.6) is 11.5 Å². The fourth-order valence-corrected chi connectivity index (χ4v) is 4.24. The molecule has 0 amide bonds. The van der Waals surface area contributed by atoms with Crippen molar-refractivity contribution in [3.05, 3.63) is 35.9 Å². The second-order valence-electron chi connectivity index (χ2n) is 7.06. The number of unbranched alkanes of at least 4 members (excludes halogenated alkanes) is 1. The van der Waals surface area contributed by atoms with Crippen LogP contribution in [0.2, 0.25) is 0 Å². The largest absolute Gasteiger partial charge is 0.490 e. The Morgan fingerprint density at radius 3 is 2.88 bits per heavy atom. The van der Waals surface area contributed by atoms with Gasteiger partial charge >= 0.3 is 0 Å². The number of rotatable bonds is 7. The van der Waals surface area contributed by atoms with Crippen molar-refractivity contribution in [2.45, 2.75) is 57.4 Å². The van der Waals surface area contributed by atoms with Crippen LogP contribution in [0.4, 0.5) is 0 Å². The number of fused-ring (bicyclic) bond motifs is 1. The van der Waals surface area contributed by atoms with Crippen molar-refractivity contribution < 1.29 is 9.47 Å².